The number of benzene rings is 3. The third kappa shape index (κ3) is 6.15. The molecule has 9 nitrogen and oxygen atoms in total. The maximum atomic E-state index is 13.3. The van der Waals surface area contributed by atoms with Crippen LogP contribution < -0.4 is 14.8 Å². The Labute approximate surface area is 226 Å². The van der Waals surface area contributed by atoms with Crippen molar-refractivity contribution in [2.24, 2.45) is 10.2 Å². The Morgan fingerprint density at radius 3 is 2.41 bits per heavy atom. The summed E-state index contributed by atoms with van der Waals surface area (Å²) in [6.07, 6.45) is 3.30. The van der Waals surface area contributed by atoms with E-state index in [4.69, 9.17) is 9.47 Å². The standard InChI is InChI=1S/C30H30N4O5/c1-4-5-17-34-24-14-10-9-13-22(24)27(30(34)37)32-33-29(36)23(31-28(35)21-11-7-6-8-12-21)18-20-15-16-25(38-2)26(19-20)39-3/h6-16,18-19,37H,4-5,17H2,1-3H3,(H,31,35). The van der Waals surface area contributed by atoms with Crippen molar-refractivity contribution in [1.82, 2.24) is 9.88 Å². The van der Waals surface area contributed by atoms with E-state index in [2.05, 4.69) is 22.5 Å². The van der Waals surface area contributed by atoms with Crippen LogP contribution in [0.25, 0.3) is 17.0 Å². The summed E-state index contributed by atoms with van der Waals surface area (Å²) in [5.41, 5.74) is 1.82. The lowest BCUT2D eigenvalue weighted by molar-refractivity contribution is -0.115. The number of nitrogens with zero attached hydrogens (tertiary/aromatic N) is 3. The number of hydrogen-bond donors (Lipinski definition) is 2. The summed E-state index contributed by atoms with van der Waals surface area (Å²) in [7, 11) is 3.03. The number of methoxy groups -OCH3 is 2. The molecule has 3 aromatic carbocycles. The fourth-order valence-corrected chi connectivity index (χ4v) is 4.11. The number of carbonyl (C=O) groups is 2. The molecule has 0 aliphatic heterocycles. The molecule has 1 heterocycles. The fraction of sp³-hybridized carbons (Fsp3) is 0.200. The third-order valence-corrected chi connectivity index (χ3v) is 6.13. The number of rotatable bonds is 10. The quantitative estimate of drug-likeness (QED) is 0.187. The van der Waals surface area contributed by atoms with Crippen molar-refractivity contribution < 1.29 is 24.2 Å². The number of amides is 2. The lowest BCUT2D eigenvalue weighted by Gasteiger charge is -2.10. The van der Waals surface area contributed by atoms with Crippen LogP contribution in [0.15, 0.2) is 88.7 Å². The summed E-state index contributed by atoms with van der Waals surface area (Å²) in [5.74, 6) is -0.368. The van der Waals surface area contributed by atoms with Crippen molar-refractivity contribution in [2.45, 2.75) is 26.3 Å². The molecule has 0 fully saturated rings. The number of ether oxygens (including phenoxy) is 2. The Balaban J connectivity index is 1.72. The molecule has 0 spiro atoms. The molecule has 0 aliphatic rings. The predicted octanol–water partition coefficient (Wildman–Crippen LogP) is 6.25. The minimum Gasteiger partial charge on any atom is -0.493 e. The highest BCUT2D eigenvalue weighted by molar-refractivity contribution is 6.05. The van der Waals surface area contributed by atoms with Crippen molar-refractivity contribution in [3.8, 4) is 17.4 Å². The average Bonchev–Trinajstić information content (AvgIpc) is 3.24. The number of aryl methyl sites for hydroxylation is 1. The van der Waals surface area contributed by atoms with Gasteiger partial charge >= 0.3 is 5.91 Å². The number of aromatic hydroxyl groups is 1. The zero-order valence-electron chi connectivity index (χ0n) is 22.0. The monoisotopic (exact) mass is 526 g/mol. The normalized spacial score (nSPS) is 11.6. The fourth-order valence-electron chi connectivity index (χ4n) is 4.11. The second-order valence-electron chi connectivity index (χ2n) is 8.69. The van der Waals surface area contributed by atoms with E-state index in [1.165, 1.54) is 20.3 Å². The van der Waals surface area contributed by atoms with Crippen molar-refractivity contribution >= 4 is 34.5 Å². The van der Waals surface area contributed by atoms with Crippen LogP contribution in [-0.4, -0.2) is 35.7 Å². The molecule has 200 valence electrons. The maximum absolute atomic E-state index is 13.3. The van der Waals surface area contributed by atoms with Crippen LogP contribution >= 0.6 is 0 Å². The van der Waals surface area contributed by atoms with Gasteiger partial charge in [-0.15, -0.1) is 10.2 Å². The third-order valence-electron chi connectivity index (χ3n) is 6.13. The van der Waals surface area contributed by atoms with Gasteiger partial charge in [0.1, 0.15) is 5.70 Å². The topological polar surface area (TPSA) is 115 Å². The number of unbranched alkanes of at least 4 members (excludes halogenated alkanes) is 1. The lowest BCUT2D eigenvalue weighted by Crippen LogP contribution is -2.26. The Hall–Kier alpha value is -4.92. The maximum Gasteiger partial charge on any atom is 0.311 e. The first-order chi connectivity index (χ1) is 19.0. The van der Waals surface area contributed by atoms with Crippen LogP contribution in [-0.2, 0) is 11.3 Å². The van der Waals surface area contributed by atoms with Gasteiger partial charge in [0.15, 0.2) is 17.2 Å². The molecular formula is C30H30N4O5. The average molecular weight is 527 g/mol. The number of fused-ring (bicyclic) bond motifs is 1. The van der Waals surface area contributed by atoms with Crippen molar-refractivity contribution in [3.05, 3.63) is 89.6 Å². The van der Waals surface area contributed by atoms with Crippen molar-refractivity contribution in [1.29, 1.82) is 0 Å². The molecule has 39 heavy (non-hydrogen) atoms. The van der Waals surface area contributed by atoms with Crippen LogP contribution in [0, 0.1) is 0 Å². The highest BCUT2D eigenvalue weighted by Gasteiger charge is 2.19. The van der Waals surface area contributed by atoms with Gasteiger partial charge in [0.2, 0.25) is 5.88 Å². The van der Waals surface area contributed by atoms with Gasteiger partial charge in [-0.1, -0.05) is 55.8 Å². The van der Waals surface area contributed by atoms with Gasteiger partial charge in [0.05, 0.1) is 19.7 Å². The summed E-state index contributed by atoms with van der Waals surface area (Å²) in [6, 6.07) is 21.0. The molecular weight excluding hydrogens is 496 g/mol. The molecule has 9 heteroatoms. The van der Waals surface area contributed by atoms with Crippen LogP contribution in [0.4, 0.5) is 5.69 Å². The molecule has 2 amide bonds. The summed E-state index contributed by atoms with van der Waals surface area (Å²) in [6.45, 7) is 2.67. The van der Waals surface area contributed by atoms with Gasteiger partial charge in [-0.3, -0.25) is 9.59 Å². The molecule has 0 aliphatic carbocycles. The zero-order valence-corrected chi connectivity index (χ0v) is 22.0. The van der Waals surface area contributed by atoms with Crippen LogP contribution in [0.1, 0.15) is 35.7 Å². The number of hydrogen-bond acceptors (Lipinski definition) is 6. The Kier molecular flexibility index (Phi) is 8.73. The van der Waals surface area contributed by atoms with Crippen LogP contribution in [0.5, 0.6) is 17.4 Å². The van der Waals surface area contributed by atoms with Gasteiger partial charge in [0.25, 0.3) is 5.91 Å². The Morgan fingerprint density at radius 1 is 0.974 bits per heavy atom. The van der Waals surface area contributed by atoms with Crippen LogP contribution in [0.3, 0.4) is 0 Å². The van der Waals surface area contributed by atoms with Gasteiger partial charge < -0.3 is 24.5 Å². The second kappa shape index (κ2) is 12.6. The highest BCUT2D eigenvalue weighted by Crippen LogP contribution is 2.39. The van der Waals surface area contributed by atoms with E-state index in [-0.39, 0.29) is 17.3 Å². The number of nitrogens with one attached hydrogen (secondary N) is 1. The SMILES string of the molecule is CCCCn1c(O)c(N=NC(=O)C(=Cc2ccc(OC)c(OC)c2)NC(=O)c2ccccc2)c2ccccc21. The molecule has 1 aromatic heterocycles. The molecule has 0 saturated carbocycles. The summed E-state index contributed by atoms with van der Waals surface area (Å²) >= 11 is 0. The van der Waals surface area contributed by atoms with E-state index in [0.29, 0.717) is 34.6 Å². The first-order valence-corrected chi connectivity index (χ1v) is 12.5. The molecule has 4 rings (SSSR count). The highest BCUT2D eigenvalue weighted by atomic mass is 16.5. The minimum absolute atomic E-state index is 0.0695. The molecule has 0 radical (unpaired) electrons. The van der Waals surface area contributed by atoms with Crippen molar-refractivity contribution in [3.63, 3.8) is 0 Å². The number of carbonyl (C=O) groups excluding carboxylic acids is 2. The van der Waals surface area contributed by atoms with Crippen molar-refractivity contribution in [2.75, 3.05) is 14.2 Å². The molecule has 0 saturated heterocycles. The smallest absolute Gasteiger partial charge is 0.311 e. The lowest BCUT2D eigenvalue weighted by atomic mass is 10.1. The number of aromatic nitrogens is 1. The molecule has 0 atom stereocenters. The van der Waals surface area contributed by atoms with E-state index >= 15 is 0 Å². The van der Waals surface area contributed by atoms with E-state index < -0.39 is 11.8 Å². The summed E-state index contributed by atoms with van der Waals surface area (Å²) in [4.78, 5) is 26.2. The number of azo groups is 1. The minimum atomic E-state index is -0.793. The largest absolute Gasteiger partial charge is 0.493 e. The number of para-hydroxylation sites is 1. The molecule has 4 aromatic rings. The Bertz CT molecular complexity index is 1540. The van der Waals surface area contributed by atoms with Gasteiger partial charge in [0, 0.05) is 17.5 Å². The van der Waals surface area contributed by atoms with E-state index in [1.54, 1.807) is 53.1 Å². The predicted molar refractivity (Wildman–Crippen MR) is 149 cm³/mol. The molecule has 0 unspecified atom stereocenters. The van der Waals surface area contributed by atoms with Gasteiger partial charge in [-0.25, -0.2) is 0 Å². The summed E-state index contributed by atoms with van der Waals surface area (Å²) in [5, 5.41) is 22.3. The second-order valence-corrected chi connectivity index (χ2v) is 8.69. The van der Waals surface area contributed by atoms with Crippen LogP contribution in [0.2, 0.25) is 0 Å². The first kappa shape index (κ1) is 27.1. The Morgan fingerprint density at radius 2 is 1.69 bits per heavy atom. The molecule has 2 N–H and O–H groups in total. The first-order valence-electron chi connectivity index (χ1n) is 12.5. The van der Waals surface area contributed by atoms with E-state index in [1.807, 2.05) is 24.3 Å². The van der Waals surface area contributed by atoms with Gasteiger partial charge in [-0.2, -0.15) is 0 Å². The zero-order chi connectivity index (χ0) is 27.8. The molecule has 0 bridgehead atoms. The van der Waals surface area contributed by atoms with E-state index in [0.717, 1.165) is 18.4 Å². The van der Waals surface area contributed by atoms with Gasteiger partial charge in [-0.05, 0) is 48.4 Å². The summed E-state index contributed by atoms with van der Waals surface area (Å²) < 4.78 is 12.4. The van der Waals surface area contributed by atoms with E-state index in [9.17, 15) is 14.7 Å².